The number of hydrogen-bond acceptors (Lipinski definition) is 3. The van der Waals surface area contributed by atoms with Gasteiger partial charge in [-0.15, -0.1) is 0 Å². The zero-order valence-electron chi connectivity index (χ0n) is 10.9. The molecule has 0 amide bonds. The Hall–Kier alpha value is -0.570. The number of aliphatic hydroxyl groups is 1. The first-order valence-electron chi connectivity index (χ1n) is 6.12. The Morgan fingerprint density at radius 3 is 2.50 bits per heavy atom. The lowest BCUT2D eigenvalue weighted by molar-refractivity contribution is -0.175. The second-order valence-corrected chi connectivity index (χ2v) is 5.81. The smallest absolute Gasteiger partial charge is 0.303 e. The lowest BCUT2D eigenvalue weighted by atomic mass is 9.60. The fraction of sp³-hybridized carbons (Fsp3) is 0.923. The first-order chi connectivity index (χ1) is 7.32. The second kappa shape index (κ2) is 4.74. The Labute approximate surface area is 98.2 Å². The van der Waals surface area contributed by atoms with E-state index >= 15 is 0 Å². The summed E-state index contributed by atoms with van der Waals surface area (Å²) in [6, 6.07) is 0. The molecule has 1 fully saturated rings. The highest BCUT2D eigenvalue weighted by Crippen LogP contribution is 2.49. The van der Waals surface area contributed by atoms with Gasteiger partial charge in [0, 0.05) is 19.4 Å². The van der Waals surface area contributed by atoms with Crippen molar-refractivity contribution in [3.05, 3.63) is 0 Å². The van der Waals surface area contributed by atoms with E-state index in [1.54, 1.807) is 0 Å². The molecule has 0 heterocycles. The van der Waals surface area contributed by atoms with Crippen LogP contribution in [0.3, 0.4) is 0 Å². The molecule has 0 unspecified atom stereocenters. The molecule has 3 nitrogen and oxygen atoms in total. The van der Waals surface area contributed by atoms with Crippen molar-refractivity contribution >= 4 is 5.97 Å². The molecule has 1 rings (SSSR count). The van der Waals surface area contributed by atoms with Crippen LogP contribution >= 0.6 is 0 Å². The highest BCUT2D eigenvalue weighted by molar-refractivity contribution is 5.66. The summed E-state index contributed by atoms with van der Waals surface area (Å²) in [6.45, 7) is 8.03. The van der Waals surface area contributed by atoms with Gasteiger partial charge in [-0.3, -0.25) is 4.79 Å². The quantitative estimate of drug-likeness (QED) is 0.755. The number of esters is 1. The van der Waals surface area contributed by atoms with Crippen molar-refractivity contribution in [2.24, 2.45) is 11.3 Å². The minimum atomic E-state index is -0.406. The second-order valence-electron chi connectivity index (χ2n) is 5.81. The van der Waals surface area contributed by atoms with Gasteiger partial charge in [0.2, 0.25) is 0 Å². The standard InChI is InChI=1S/C13H24O3/c1-10(15)16-13(4)8-5-7-12(2,3)11(13)6-9-14/h11,14H,5-9H2,1-4H3/t11-,13-/m1/s1. The minimum Gasteiger partial charge on any atom is -0.459 e. The third-order valence-electron chi connectivity index (χ3n) is 3.97. The molecule has 0 aliphatic heterocycles. The van der Waals surface area contributed by atoms with Gasteiger partial charge in [-0.05, 0) is 38.0 Å². The summed E-state index contributed by atoms with van der Waals surface area (Å²) in [5.74, 6) is 0.0192. The van der Waals surface area contributed by atoms with Gasteiger partial charge < -0.3 is 9.84 Å². The van der Waals surface area contributed by atoms with Gasteiger partial charge in [0.05, 0.1) is 0 Å². The molecular formula is C13H24O3. The summed E-state index contributed by atoms with van der Waals surface area (Å²) in [5.41, 5.74) is -0.276. The fourth-order valence-electron chi connectivity index (χ4n) is 3.35. The molecule has 0 aromatic carbocycles. The first kappa shape index (κ1) is 13.5. The molecule has 0 aromatic heterocycles. The Balaban J connectivity index is 2.90. The maximum Gasteiger partial charge on any atom is 0.303 e. The third-order valence-corrected chi connectivity index (χ3v) is 3.97. The average molecular weight is 228 g/mol. The van der Waals surface area contributed by atoms with E-state index in [4.69, 9.17) is 4.74 Å². The van der Waals surface area contributed by atoms with Crippen LogP contribution < -0.4 is 0 Å². The molecule has 1 N–H and O–H groups in total. The van der Waals surface area contributed by atoms with Crippen LogP contribution in [0.4, 0.5) is 0 Å². The summed E-state index contributed by atoms with van der Waals surface area (Å²) >= 11 is 0. The zero-order valence-corrected chi connectivity index (χ0v) is 10.9. The molecule has 0 radical (unpaired) electrons. The van der Waals surface area contributed by atoms with Crippen LogP contribution in [0.2, 0.25) is 0 Å². The molecule has 1 saturated carbocycles. The molecule has 0 bridgehead atoms. The van der Waals surface area contributed by atoms with Gasteiger partial charge in [-0.25, -0.2) is 0 Å². The minimum absolute atomic E-state index is 0.130. The fourth-order valence-corrected chi connectivity index (χ4v) is 3.35. The maximum absolute atomic E-state index is 11.2. The van der Waals surface area contributed by atoms with Crippen molar-refractivity contribution in [1.29, 1.82) is 0 Å². The van der Waals surface area contributed by atoms with Crippen LogP contribution in [0.25, 0.3) is 0 Å². The van der Waals surface area contributed by atoms with Gasteiger partial charge >= 0.3 is 5.97 Å². The highest BCUT2D eigenvalue weighted by Gasteiger charge is 2.48. The summed E-state index contributed by atoms with van der Waals surface area (Å²) in [7, 11) is 0. The topological polar surface area (TPSA) is 46.5 Å². The van der Waals surface area contributed by atoms with Crippen molar-refractivity contribution < 1.29 is 14.6 Å². The number of carbonyl (C=O) groups excluding carboxylic acids is 1. The molecule has 2 atom stereocenters. The largest absolute Gasteiger partial charge is 0.459 e. The van der Waals surface area contributed by atoms with Crippen LogP contribution in [-0.2, 0) is 9.53 Å². The van der Waals surface area contributed by atoms with E-state index in [-0.39, 0.29) is 23.9 Å². The molecule has 3 heteroatoms. The van der Waals surface area contributed by atoms with Gasteiger partial charge in [0.1, 0.15) is 5.60 Å². The van der Waals surface area contributed by atoms with E-state index in [1.807, 2.05) is 6.92 Å². The van der Waals surface area contributed by atoms with Crippen LogP contribution in [0, 0.1) is 11.3 Å². The SMILES string of the molecule is CC(=O)O[C@]1(C)CCCC(C)(C)[C@H]1CCO. The molecule has 0 aromatic rings. The Morgan fingerprint density at radius 1 is 1.38 bits per heavy atom. The van der Waals surface area contributed by atoms with E-state index in [9.17, 15) is 9.90 Å². The molecule has 0 spiro atoms. The van der Waals surface area contributed by atoms with Gasteiger partial charge in [0.25, 0.3) is 0 Å². The Morgan fingerprint density at radius 2 is 2.00 bits per heavy atom. The summed E-state index contributed by atoms with van der Waals surface area (Å²) < 4.78 is 5.53. The van der Waals surface area contributed by atoms with Crippen molar-refractivity contribution in [2.75, 3.05) is 6.61 Å². The predicted molar refractivity (Wildman–Crippen MR) is 63.0 cm³/mol. The number of rotatable bonds is 3. The number of carbonyl (C=O) groups is 1. The van der Waals surface area contributed by atoms with Crippen molar-refractivity contribution in [1.82, 2.24) is 0 Å². The third kappa shape index (κ3) is 2.76. The lowest BCUT2D eigenvalue weighted by Gasteiger charge is -2.49. The normalized spacial score (nSPS) is 33.4. The highest BCUT2D eigenvalue weighted by atomic mass is 16.6. The molecule has 16 heavy (non-hydrogen) atoms. The van der Waals surface area contributed by atoms with Gasteiger partial charge in [-0.2, -0.15) is 0 Å². The van der Waals surface area contributed by atoms with E-state index in [2.05, 4.69) is 13.8 Å². The van der Waals surface area contributed by atoms with E-state index in [0.717, 1.165) is 19.3 Å². The van der Waals surface area contributed by atoms with Crippen molar-refractivity contribution in [3.63, 3.8) is 0 Å². The summed E-state index contributed by atoms with van der Waals surface area (Å²) in [5, 5.41) is 9.18. The van der Waals surface area contributed by atoms with E-state index < -0.39 is 5.60 Å². The van der Waals surface area contributed by atoms with E-state index in [0.29, 0.717) is 6.42 Å². The number of aliphatic hydroxyl groups excluding tert-OH is 1. The maximum atomic E-state index is 11.2. The molecular weight excluding hydrogens is 204 g/mol. The molecule has 94 valence electrons. The van der Waals surface area contributed by atoms with Crippen molar-refractivity contribution in [2.45, 2.75) is 59.0 Å². The van der Waals surface area contributed by atoms with Crippen LogP contribution in [0.15, 0.2) is 0 Å². The molecule has 1 aliphatic rings. The molecule has 1 aliphatic carbocycles. The van der Waals surface area contributed by atoms with Crippen molar-refractivity contribution in [3.8, 4) is 0 Å². The van der Waals surface area contributed by atoms with Crippen LogP contribution in [-0.4, -0.2) is 23.3 Å². The Kier molecular flexibility index (Phi) is 4.00. The lowest BCUT2D eigenvalue weighted by Crippen LogP contribution is -2.50. The predicted octanol–water partition coefficient (Wildman–Crippen LogP) is 2.52. The summed E-state index contributed by atoms with van der Waals surface area (Å²) in [6.07, 6.45) is 3.82. The van der Waals surface area contributed by atoms with Gasteiger partial charge in [-0.1, -0.05) is 13.8 Å². The average Bonchev–Trinajstić information content (AvgIpc) is 2.10. The zero-order chi connectivity index (χ0) is 12.4. The first-order valence-corrected chi connectivity index (χ1v) is 6.12. The monoisotopic (exact) mass is 228 g/mol. The van der Waals surface area contributed by atoms with Crippen LogP contribution in [0.5, 0.6) is 0 Å². The van der Waals surface area contributed by atoms with E-state index in [1.165, 1.54) is 6.92 Å². The number of hydrogen-bond donors (Lipinski definition) is 1. The Bertz CT molecular complexity index is 260. The van der Waals surface area contributed by atoms with Crippen LogP contribution in [0.1, 0.15) is 53.4 Å². The summed E-state index contributed by atoms with van der Waals surface area (Å²) in [4.78, 5) is 11.2. The van der Waals surface area contributed by atoms with Gasteiger partial charge in [0.15, 0.2) is 0 Å². The molecule has 0 saturated heterocycles. The number of ether oxygens (including phenoxy) is 1.